The highest BCUT2D eigenvalue weighted by Crippen LogP contribution is 2.25. The summed E-state index contributed by atoms with van der Waals surface area (Å²) in [7, 11) is -4.64. The van der Waals surface area contributed by atoms with Crippen LogP contribution >= 0.6 is 7.82 Å². The summed E-state index contributed by atoms with van der Waals surface area (Å²) in [4.78, 5) is 21.6. The van der Waals surface area contributed by atoms with Crippen LogP contribution in [0, 0.1) is 25.7 Å². The first kappa shape index (κ1) is 15.7. The summed E-state index contributed by atoms with van der Waals surface area (Å²) in [5.74, 6) is 0. The van der Waals surface area contributed by atoms with E-state index in [9.17, 15) is 0 Å². The molecule has 0 radical (unpaired) electrons. The first-order valence-corrected chi connectivity index (χ1v) is 3.01. The van der Waals surface area contributed by atoms with Crippen molar-refractivity contribution in [3.05, 3.63) is 0 Å². The second-order valence-electron chi connectivity index (χ2n) is 0.513. The standard InChI is InChI=1S/2C2H2.H3O4P/c2*1-2;1-5(2,3)4/h2*1-2H;(H3,1,2,3,4). The first-order valence-electron chi connectivity index (χ1n) is 1.45. The monoisotopic (exact) mass is 150 g/mol. The highest BCUT2D eigenvalue weighted by atomic mass is 31.2. The number of hydrogen-bond acceptors (Lipinski definition) is 1. The van der Waals surface area contributed by atoms with Gasteiger partial charge in [-0.05, 0) is 0 Å². The molecular weight excluding hydrogens is 143 g/mol. The smallest absolute Gasteiger partial charge is 0.303 e. The number of hydrogen-bond donors (Lipinski definition) is 3. The minimum absolute atomic E-state index is 4.00. The molecule has 0 spiro atoms. The van der Waals surface area contributed by atoms with Crippen molar-refractivity contribution in [2.75, 3.05) is 0 Å². The van der Waals surface area contributed by atoms with E-state index >= 15 is 0 Å². The first-order chi connectivity index (χ1) is 4.00. The number of phosphoric acid groups is 1. The Balaban J connectivity index is -0.0000000771. The third-order valence-corrected chi connectivity index (χ3v) is 0. The fraction of sp³-hybridized carbons (Fsp3) is 0. The van der Waals surface area contributed by atoms with Crippen LogP contribution in [0.25, 0.3) is 0 Å². The lowest BCUT2D eigenvalue weighted by Gasteiger charge is -1.82. The highest BCUT2D eigenvalue weighted by Gasteiger charge is 2.00. The molecule has 0 aromatic rings. The molecule has 0 aliphatic rings. The second-order valence-corrected chi connectivity index (χ2v) is 1.54. The van der Waals surface area contributed by atoms with Crippen molar-refractivity contribution in [3.8, 4) is 25.7 Å². The van der Waals surface area contributed by atoms with Crippen LogP contribution in [0.2, 0.25) is 0 Å². The SMILES string of the molecule is C#C.C#C.O=P(O)(O)O. The third-order valence-electron chi connectivity index (χ3n) is 0. The van der Waals surface area contributed by atoms with Crippen LogP contribution in [0.15, 0.2) is 0 Å². The molecule has 0 atom stereocenters. The van der Waals surface area contributed by atoms with Crippen molar-refractivity contribution in [1.29, 1.82) is 0 Å². The van der Waals surface area contributed by atoms with Gasteiger partial charge in [-0.25, -0.2) is 4.57 Å². The van der Waals surface area contributed by atoms with Gasteiger partial charge >= 0.3 is 7.82 Å². The van der Waals surface area contributed by atoms with E-state index in [0.29, 0.717) is 0 Å². The summed E-state index contributed by atoms with van der Waals surface area (Å²) in [6.45, 7) is 0. The molecule has 3 N–H and O–H groups in total. The topological polar surface area (TPSA) is 77.8 Å². The van der Waals surface area contributed by atoms with E-state index in [0.717, 1.165) is 0 Å². The summed E-state index contributed by atoms with van der Waals surface area (Å²) in [5, 5.41) is 0. The highest BCUT2D eigenvalue weighted by molar-refractivity contribution is 7.45. The van der Waals surface area contributed by atoms with Crippen LogP contribution in [0.4, 0.5) is 0 Å². The molecule has 0 aromatic carbocycles. The zero-order valence-corrected chi connectivity index (χ0v) is 5.40. The Morgan fingerprint density at radius 2 is 0.889 bits per heavy atom. The van der Waals surface area contributed by atoms with Crippen molar-refractivity contribution in [1.82, 2.24) is 0 Å². The molecule has 52 valence electrons. The Bertz CT molecular complexity index is 105. The lowest BCUT2D eigenvalue weighted by molar-refractivity contribution is 0.275. The molecular formula is C4H7O4P. The van der Waals surface area contributed by atoms with Gasteiger partial charge in [-0.15, -0.1) is 25.7 Å². The summed E-state index contributed by atoms with van der Waals surface area (Å²) in [6.07, 6.45) is 16.0. The van der Waals surface area contributed by atoms with Gasteiger partial charge in [0.05, 0.1) is 0 Å². The largest absolute Gasteiger partial charge is 0.466 e. The minimum atomic E-state index is -4.64. The van der Waals surface area contributed by atoms with Crippen LogP contribution in [0.5, 0.6) is 0 Å². The number of terminal acetylenes is 2. The maximum atomic E-state index is 8.88. The molecule has 4 nitrogen and oxygen atoms in total. The Labute approximate surface area is 53.8 Å². The van der Waals surface area contributed by atoms with Gasteiger partial charge in [-0.1, -0.05) is 0 Å². The van der Waals surface area contributed by atoms with Crippen LogP contribution in [-0.4, -0.2) is 14.7 Å². The molecule has 0 aliphatic carbocycles. The third kappa shape index (κ3) is 334. The zero-order chi connectivity index (χ0) is 8.50. The summed E-state index contributed by atoms with van der Waals surface area (Å²) < 4.78 is 8.88. The van der Waals surface area contributed by atoms with Gasteiger partial charge in [0.1, 0.15) is 0 Å². The molecule has 0 aromatic heterocycles. The molecule has 0 aliphatic heterocycles. The van der Waals surface area contributed by atoms with E-state index in [1.807, 2.05) is 0 Å². The Morgan fingerprint density at radius 3 is 0.889 bits per heavy atom. The van der Waals surface area contributed by atoms with Gasteiger partial charge in [0, 0.05) is 0 Å². The fourth-order valence-corrected chi connectivity index (χ4v) is 0. The normalized spacial score (nSPS) is 7.00. The lowest BCUT2D eigenvalue weighted by Crippen LogP contribution is -1.66. The maximum absolute atomic E-state index is 8.88. The molecule has 0 amide bonds. The Morgan fingerprint density at radius 1 is 0.889 bits per heavy atom. The van der Waals surface area contributed by atoms with Gasteiger partial charge in [0.2, 0.25) is 0 Å². The van der Waals surface area contributed by atoms with E-state index in [1.165, 1.54) is 0 Å². The summed E-state index contributed by atoms with van der Waals surface area (Å²) in [5.41, 5.74) is 0. The second kappa shape index (κ2) is 10.3. The molecule has 0 rings (SSSR count). The van der Waals surface area contributed by atoms with Crippen molar-refractivity contribution in [2.45, 2.75) is 0 Å². The predicted molar refractivity (Wildman–Crippen MR) is 34.0 cm³/mol. The molecule has 0 saturated carbocycles. The van der Waals surface area contributed by atoms with Crippen LogP contribution in [0.3, 0.4) is 0 Å². The fourth-order valence-electron chi connectivity index (χ4n) is 0. The summed E-state index contributed by atoms with van der Waals surface area (Å²) >= 11 is 0. The quantitative estimate of drug-likeness (QED) is 0.323. The van der Waals surface area contributed by atoms with E-state index in [1.54, 1.807) is 0 Å². The average molecular weight is 150 g/mol. The van der Waals surface area contributed by atoms with Gasteiger partial charge in [-0.2, -0.15) is 0 Å². The molecule has 0 unspecified atom stereocenters. The summed E-state index contributed by atoms with van der Waals surface area (Å²) in [6, 6.07) is 0. The average Bonchev–Trinajstić information content (AvgIpc) is 1.72. The van der Waals surface area contributed by atoms with Crippen LogP contribution in [0.1, 0.15) is 0 Å². The van der Waals surface area contributed by atoms with Gasteiger partial charge in [0.15, 0.2) is 0 Å². The van der Waals surface area contributed by atoms with Crippen molar-refractivity contribution >= 4 is 7.82 Å². The zero-order valence-electron chi connectivity index (χ0n) is 4.51. The minimum Gasteiger partial charge on any atom is -0.303 e. The molecule has 9 heavy (non-hydrogen) atoms. The van der Waals surface area contributed by atoms with Crippen molar-refractivity contribution in [3.63, 3.8) is 0 Å². The molecule has 0 heterocycles. The van der Waals surface area contributed by atoms with Crippen molar-refractivity contribution < 1.29 is 19.2 Å². The van der Waals surface area contributed by atoms with E-state index in [4.69, 9.17) is 19.2 Å². The van der Waals surface area contributed by atoms with Gasteiger partial charge in [-0.3, -0.25) is 0 Å². The number of rotatable bonds is 0. The predicted octanol–water partition coefficient (Wildman–Crippen LogP) is -0.430. The van der Waals surface area contributed by atoms with E-state index in [2.05, 4.69) is 25.7 Å². The van der Waals surface area contributed by atoms with Crippen LogP contribution in [-0.2, 0) is 4.57 Å². The Kier molecular flexibility index (Phi) is 17.9. The molecule has 0 saturated heterocycles. The van der Waals surface area contributed by atoms with E-state index < -0.39 is 7.82 Å². The lowest BCUT2D eigenvalue weighted by atomic mass is 11.4. The van der Waals surface area contributed by atoms with Crippen LogP contribution < -0.4 is 0 Å². The van der Waals surface area contributed by atoms with E-state index in [-0.39, 0.29) is 0 Å². The Hall–Kier alpha value is -0.770. The molecule has 0 bridgehead atoms. The molecule has 5 heteroatoms. The van der Waals surface area contributed by atoms with Crippen molar-refractivity contribution in [2.24, 2.45) is 0 Å². The molecule has 0 fully saturated rings. The van der Waals surface area contributed by atoms with Gasteiger partial charge in [0.25, 0.3) is 0 Å². The van der Waals surface area contributed by atoms with Gasteiger partial charge < -0.3 is 14.7 Å². The maximum Gasteiger partial charge on any atom is 0.466 e.